The van der Waals surface area contributed by atoms with E-state index in [1.165, 1.54) is 83.5 Å². The van der Waals surface area contributed by atoms with Crippen LogP contribution in [-0.2, 0) is 19.2 Å². The van der Waals surface area contributed by atoms with E-state index in [1.807, 2.05) is 7.11 Å². The predicted molar refractivity (Wildman–Crippen MR) is 227 cm³/mol. The minimum atomic E-state index is 0.0965. The molecule has 4 saturated carbocycles. The zero-order valence-corrected chi connectivity index (χ0v) is 37.5. The molecule has 11 heteroatoms. The number of nitrogens with zero attached hydrogens (tertiary/aromatic N) is 3. The predicted octanol–water partition coefficient (Wildman–Crippen LogP) is 6.22. The summed E-state index contributed by atoms with van der Waals surface area (Å²) < 4.78 is 6.26. The van der Waals surface area contributed by atoms with Crippen molar-refractivity contribution in [3.05, 3.63) is 0 Å². The highest BCUT2D eigenvalue weighted by atomic mass is 16.7. The van der Waals surface area contributed by atoms with E-state index in [4.69, 9.17) is 24.6 Å². The number of rotatable bonds is 11. The molecule has 5 aliphatic rings. The standard InChI is InChI=1S/C30H56N4O3.C9H18.C2H5NO.C2H6O.CH4O/c1-32(2)21-28(22-11-7-6-8-12-22)31-30(35)25-17-24(18-26(19-25)33(3)4)27-14-9-13-23(29(27)36-5)20-34-15-10-16-37-34;1-8-5-4-6-9(2,3)7-8;1-3-2-4;1-2-3;1-2/h22-29H,6-21H2,1-5H3,(H,31,35);8H,4-7H2,1-3H3;2H,1H3,(H,3,4);3H,2H2,1H3;2H,1H3. The largest absolute Gasteiger partial charge is 0.400 e. The normalized spacial score (nSPS) is 30.1. The Morgan fingerprint density at radius 2 is 1.64 bits per heavy atom. The summed E-state index contributed by atoms with van der Waals surface area (Å²) in [6.07, 6.45) is 21.1. The summed E-state index contributed by atoms with van der Waals surface area (Å²) >= 11 is 0. The third kappa shape index (κ3) is 19.8. The summed E-state index contributed by atoms with van der Waals surface area (Å²) in [4.78, 5) is 33.4. The SMILES string of the molecule is CC1CCCC(C)(C)C1.CCO.CNC=O.CO.COC1C(CN2CCCO2)CCCC1C1CC(C(=O)NC(CN(C)C)C2CCCCC2)CC(N(C)C)C1. The number of carbonyl (C=O) groups excluding carboxylic acids is 2. The number of hydrogen-bond donors (Lipinski definition) is 4. The second-order valence-corrected chi connectivity index (χ2v) is 18.3. The van der Waals surface area contributed by atoms with Crippen molar-refractivity contribution in [2.75, 3.05) is 82.3 Å². The van der Waals surface area contributed by atoms with Crippen LogP contribution in [0.25, 0.3) is 0 Å². The van der Waals surface area contributed by atoms with Crippen molar-refractivity contribution in [2.24, 2.45) is 40.9 Å². The van der Waals surface area contributed by atoms with Crippen LogP contribution in [0.15, 0.2) is 0 Å². The lowest BCUT2D eigenvalue weighted by Crippen LogP contribution is -2.52. The topological polar surface area (TPSA) is 127 Å². The van der Waals surface area contributed by atoms with E-state index in [0.717, 1.165) is 58.5 Å². The lowest BCUT2D eigenvalue weighted by atomic mass is 9.65. The maximum absolute atomic E-state index is 13.9. The number of amides is 2. The molecule has 4 aliphatic carbocycles. The van der Waals surface area contributed by atoms with Gasteiger partial charge in [0.1, 0.15) is 0 Å². The number of methoxy groups -OCH3 is 1. The fraction of sp³-hybridized carbons (Fsp3) is 0.955. The average Bonchev–Trinajstić information content (AvgIpc) is 3.68. The van der Waals surface area contributed by atoms with Gasteiger partial charge in [-0.3, -0.25) is 14.4 Å². The second-order valence-electron chi connectivity index (χ2n) is 18.3. The molecule has 8 unspecified atom stereocenters. The van der Waals surface area contributed by atoms with Gasteiger partial charge < -0.3 is 35.4 Å². The molecule has 1 aliphatic heterocycles. The van der Waals surface area contributed by atoms with E-state index in [0.29, 0.717) is 47.4 Å². The molecule has 2 amide bonds. The van der Waals surface area contributed by atoms with Crippen molar-refractivity contribution in [2.45, 2.75) is 149 Å². The fourth-order valence-corrected chi connectivity index (χ4v) is 10.2. The Labute approximate surface area is 338 Å². The van der Waals surface area contributed by atoms with Crippen LogP contribution in [0.3, 0.4) is 0 Å². The zero-order valence-electron chi connectivity index (χ0n) is 37.5. The first-order chi connectivity index (χ1) is 26.3. The van der Waals surface area contributed by atoms with Crippen LogP contribution in [0.5, 0.6) is 0 Å². The van der Waals surface area contributed by atoms with Crippen molar-refractivity contribution in [3.8, 4) is 0 Å². The van der Waals surface area contributed by atoms with Gasteiger partial charge in [-0.2, -0.15) is 5.06 Å². The first kappa shape index (κ1) is 51.7. The Hall–Kier alpha value is -1.34. The van der Waals surface area contributed by atoms with Crippen molar-refractivity contribution in [3.63, 3.8) is 0 Å². The first-order valence-electron chi connectivity index (χ1n) is 22.0. The van der Waals surface area contributed by atoms with Crippen molar-refractivity contribution in [1.29, 1.82) is 0 Å². The van der Waals surface area contributed by atoms with Gasteiger partial charge >= 0.3 is 0 Å². The Morgan fingerprint density at radius 3 is 2.13 bits per heavy atom. The lowest BCUT2D eigenvalue weighted by Gasteiger charge is -2.47. The van der Waals surface area contributed by atoms with Gasteiger partial charge in [-0.05, 0) is 128 Å². The van der Waals surface area contributed by atoms with E-state index in [2.05, 4.69) is 74.5 Å². The molecule has 11 nitrogen and oxygen atoms in total. The summed E-state index contributed by atoms with van der Waals surface area (Å²) in [5, 5.41) is 22.6. The van der Waals surface area contributed by atoms with Crippen LogP contribution in [0.2, 0.25) is 0 Å². The third-order valence-corrected chi connectivity index (χ3v) is 12.6. The smallest absolute Gasteiger partial charge is 0.223 e. The summed E-state index contributed by atoms with van der Waals surface area (Å²) in [6.45, 7) is 12.9. The molecule has 0 radical (unpaired) electrons. The Balaban J connectivity index is 0.000000697. The van der Waals surface area contributed by atoms with Gasteiger partial charge in [0, 0.05) is 71.4 Å². The van der Waals surface area contributed by atoms with Crippen LogP contribution >= 0.6 is 0 Å². The molecule has 1 heterocycles. The van der Waals surface area contributed by atoms with Gasteiger partial charge in [-0.15, -0.1) is 0 Å². The Bertz CT molecular complexity index is 974. The summed E-state index contributed by atoms with van der Waals surface area (Å²) in [5.41, 5.74) is 0.650. The van der Waals surface area contributed by atoms with Crippen molar-refractivity contribution >= 4 is 12.3 Å². The van der Waals surface area contributed by atoms with Crippen LogP contribution in [0.1, 0.15) is 130 Å². The van der Waals surface area contributed by atoms with Crippen LogP contribution in [0.4, 0.5) is 0 Å². The highest BCUT2D eigenvalue weighted by molar-refractivity contribution is 5.79. The van der Waals surface area contributed by atoms with Gasteiger partial charge in [0.25, 0.3) is 0 Å². The van der Waals surface area contributed by atoms with Gasteiger partial charge in [-0.1, -0.05) is 59.3 Å². The molecular weight excluding hydrogens is 695 g/mol. The number of ether oxygens (including phenoxy) is 1. The summed E-state index contributed by atoms with van der Waals surface area (Å²) in [7, 11) is 13.1. The van der Waals surface area contributed by atoms with E-state index in [9.17, 15) is 4.79 Å². The molecule has 5 fully saturated rings. The molecule has 0 aromatic heterocycles. The number of aliphatic hydroxyl groups is 2. The van der Waals surface area contributed by atoms with Crippen molar-refractivity contribution in [1.82, 2.24) is 25.5 Å². The molecule has 8 atom stereocenters. The van der Waals surface area contributed by atoms with Gasteiger partial charge in [0.15, 0.2) is 0 Å². The summed E-state index contributed by atoms with van der Waals surface area (Å²) in [5.74, 6) is 3.58. The molecule has 1 saturated heterocycles. The summed E-state index contributed by atoms with van der Waals surface area (Å²) in [6, 6.07) is 0.725. The number of hydrogen-bond acceptors (Lipinski definition) is 9. The zero-order chi connectivity index (χ0) is 41.4. The van der Waals surface area contributed by atoms with Gasteiger partial charge in [-0.25, -0.2) is 0 Å². The second kappa shape index (κ2) is 29.0. The van der Waals surface area contributed by atoms with E-state index in [-0.39, 0.29) is 24.7 Å². The third-order valence-electron chi connectivity index (χ3n) is 12.6. The number of hydroxylamine groups is 2. The molecule has 5 rings (SSSR count). The molecule has 0 spiro atoms. The number of nitrogens with one attached hydrogen (secondary N) is 2. The van der Waals surface area contributed by atoms with E-state index >= 15 is 0 Å². The minimum Gasteiger partial charge on any atom is -0.400 e. The highest BCUT2D eigenvalue weighted by Gasteiger charge is 2.44. The Kier molecular flexibility index (Phi) is 27.2. The van der Waals surface area contributed by atoms with E-state index < -0.39 is 0 Å². The van der Waals surface area contributed by atoms with Crippen LogP contribution in [-0.4, -0.2) is 138 Å². The van der Waals surface area contributed by atoms with Crippen LogP contribution < -0.4 is 10.6 Å². The fourth-order valence-electron chi connectivity index (χ4n) is 10.2. The minimum absolute atomic E-state index is 0.0965. The average molecular weight is 784 g/mol. The number of likely N-dealkylation sites (N-methyl/N-ethyl adjacent to an activating group) is 1. The van der Waals surface area contributed by atoms with Crippen molar-refractivity contribution < 1.29 is 29.4 Å². The molecule has 4 N–H and O–H groups in total. The maximum atomic E-state index is 13.9. The molecule has 0 aromatic carbocycles. The van der Waals surface area contributed by atoms with Gasteiger partial charge in [0.2, 0.25) is 12.3 Å². The molecule has 0 bridgehead atoms. The molecule has 326 valence electrons. The molecular formula is C44H89N5O6. The first-order valence-corrected chi connectivity index (χ1v) is 22.0. The maximum Gasteiger partial charge on any atom is 0.223 e. The monoisotopic (exact) mass is 784 g/mol. The molecule has 55 heavy (non-hydrogen) atoms. The Morgan fingerprint density at radius 1 is 0.982 bits per heavy atom. The number of aliphatic hydroxyl groups excluding tert-OH is 2. The number of carbonyl (C=O) groups is 2. The quantitative estimate of drug-likeness (QED) is 0.181. The van der Waals surface area contributed by atoms with E-state index in [1.54, 1.807) is 14.0 Å². The van der Waals surface area contributed by atoms with Gasteiger partial charge in [0.05, 0.1) is 12.7 Å². The van der Waals surface area contributed by atoms with Crippen LogP contribution in [0, 0.1) is 40.9 Å². The lowest BCUT2D eigenvalue weighted by molar-refractivity contribution is -0.145. The molecule has 0 aromatic rings. The highest BCUT2D eigenvalue weighted by Crippen LogP contribution is 2.45.